The van der Waals surface area contributed by atoms with Gasteiger partial charge in [0.1, 0.15) is 11.3 Å². The minimum Gasteiger partial charge on any atom is -0.508 e. The number of rotatable bonds is 0. The highest BCUT2D eigenvalue weighted by atomic mass is 16.3. The molecular weight excluding hydrogens is 242 g/mol. The number of aromatic hydroxyl groups is 1. The Kier molecular flexibility index (Phi) is 1.82. The van der Waals surface area contributed by atoms with Gasteiger partial charge in [0, 0.05) is 16.8 Å². The molecule has 0 aliphatic rings. The Morgan fingerprint density at radius 1 is 1.05 bits per heavy atom. The zero-order valence-electron chi connectivity index (χ0n) is 9.81. The molecule has 2 aromatic heterocycles. The number of phenols is 1. The number of furan rings is 1. The Morgan fingerprint density at radius 2 is 1.89 bits per heavy atom. The van der Waals surface area contributed by atoms with Crippen molar-refractivity contribution in [1.29, 1.82) is 0 Å². The number of para-hydroxylation sites is 1. The molecule has 0 fully saturated rings. The molecule has 92 valence electrons. The van der Waals surface area contributed by atoms with Crippen molar-refractivity contribution in [2.75, 3.05) is 0 Å². The predicted molar refractivity (Wildman–Crippen MR) is 73.5 cm³/mol. The van der Waals surface area contributed by atoms with E-state index in [4.69, 9.17) is 4.42 Å². The summed E-state index contributed by atoms with van der Waals surface area (Å²) in [5.41, 5.74) is 1.61. The van der Waals surface area contributed by atoms with Gasteiger partial charge in [0.2, 0.25) is 11.1 Å². The fourth-order valence-corrected chi connectivity index (χ4v) is 2.45. The Hall–Kier alpha value is -2.75. The zero-order valence-corrected chi connectivity index (χ0v) is 9.81. The number of aromatic amines is 1. The maximum absolute atomic E-state index is 12.5. The summed E-state index contributed by atoms with van der Waals surface area (Å²) in [7, 11) is 0. The molecule has 0 aliphatic heterocycles. The SMILES string of the molecule is O=c1c2ccccc2[nH]c2oc3cc(O)ccc3c12. The molecule has 2 aromatic carbocycles. The van der Waals surface area contributed by atoms with Crippen molar-refractivity contribution in [1.82, 2.24) is 4.98 Å². The monoisotopic (exact) mass is 251 g/mol. The standard InChI is InChI=1S/C15H9NO3/c17-8-5-6-10-12(7-8)19-15-13(10)14(18)9-3-1-2-4-11(9)16-15/h1-7,17H,(H,16,18). The van der Waals surface area contributed by atoms with Crippen LogP contribution in [-0.4, -0.2) is 10.1 Å². The van der Waals surface area contributed by atoms with Crippen LogP contribution in [0.2, 0.25) is 0 Å². The summed E-state index contributed by atoms with van der Waals surface area (Å²) in [6.07, 6.45) is 0. The fraction of sp³-hybridized carbons (Fsp3) is 0. The highest BCUT2D eigenvalue weighted by molar-refractivity contribution is 6.07. The zero-order chi connectivity index (χ0) is 13.0. The molecule has 2 N–H and O–H groups in total. The van der Waals surface area contributed by atoms with Crippen LogP contribution in [0.15, 0.2) is 51.7 Å². The van der Waals surface area contributed by atoms with Gasteiger partial charge >= 0.3 is 0 Å². The van der Waals surface area contributed by atoms with Crippen LogP contribution in [-0.2, 0) is 0 Å². The van der Waals surface area contributed by atoms with E-state index in [9.17, 15) is 9.90 Å². The molecule has 0 saturated carbocycles. The summed E-state index contributed by atoms with van der Waals surface area (Å²) < 4.78 is 5.61. The molecule has 4 heteroatoms. The van der Waals surface area contributed by atoms with Crippen molar-refractivity contribution in [2.24, 2.45) is 0 Å². The lowest BCUT2D eigenvalue weighted by atomic mass is 10.1. The van der Waals surface area contributed by atoms with Gasteiger partial charge in [-0.3, -0.25) is 4.79 Å². The van der Waals surface area contributed by atoms with Crippen LogP contribution >= 0.6 is 0 Å². The number of pyridine rings is 1. The van der Waals surface area contributed by atoms with Gasteiger partial charge in [0.25, 0.3) is 0 Å². The maximum Gasteiger partial charge on any atom is 0.209 e. The molecule has 0 unspecified atom stereocenters. The highest BCUT2D eigenvalue weighted by Crippen LogP contribution is 2.29. The Balaban J connectivity index is 2.33. The number of nitrogens with one attached hydrogen (secondary N) is 1. The van der Waals surface area contributed by atoms with Gasteiger partial charge < -0.3 is 14.5 Å². The molecule has 0 amide bonds. The Bertz CT molecular complexity index is 995. The van der Waals surface area contributed by atoms with E-state index in [0.717, 1.165) is 5.52 Å². The normalized spacial score (nSPS) is 11.6. The van der Waals surface area contributed by atoms with Gasteiger partial charge in [0.05, 0.1) is 10.9 Å². The average Bonchev–Trinajstić information content (AvgIpc) is 2.76. The van der Waals surface area contributed by atoms with Crippen molar-refractivity contribution in [2.45, 2.75) is 0 Å². The first-order chi connectivity index (χ1) is 9.24. The van der Waals surface area contributed by atoms with Gasteiger partial charge in [-0.05, 0) is 24.3 Å². The molecule has 0 bridgehead atoms. The molecular formula is C15H9NO3. The summed E-state index contributed by atoms with van der Waals surface area (Å²) in [5.74, 6) is 0.114. The van der Waals surface area contributed by atoms with E-state index >= 15 is 0 Å². The van der Waals surface area contributed by atoms with E-state index in [2.05, 4.69) is 4.98 Å². The van der Waals surface area contributed by atoms with Crippen LogP contribution in [0.1, 0.15) is 0 Å². The van der Waals surface area contributed by atoms with Crippen molar-refractivity contribution in [3.63, 3.8) is 0 Å². The molecule has 4 aromatic rings. The molecule has 2 heterocycles. The highest BCUT2D eigenvalue weighted by Gasteiger charge is 2.13. The first kappa shape index (κ1) is 10.2. The van der Waals surface area contributed by atoms with E-state index in [-0.39, 0.29) is 11.2 Å². The number of phenolic OH excluding ortho intramolecular Hbond substituents is 1. The number of aromatic nitrogens is 1. The van der Waals surface area contributed by atoms with Crippen LogP contribution in [0.3, 0.4) is 0 Å². The maximum atomic E-state index is 12.5. The van der Waals surface area contributed by atoms with Gasteiger partial charge in [-0.2, -0.15) is 0 Å². The van der Waals surface area contributed by atoms with Crippen LogP contribution in [0, 0.1) is 0 Å². The van der Waals surface area contributed by atoms with Crippen molar-refractivity contribution < 1.29 is 9.52 Å². The third kappa shape index (κ3) is 1.31. The summed E-state index contributed by atoms with van der Waals surface area (Å²) in [4.78, 5) is 15.6. The van der Waals surface area contributed by atoms with Gasteiger partial charge in [-0.1, -0.05) is 12.1 Å². The molecule has 0 saturated heterocycles. The summed E-state index contributed by atoms with van der Waals surface area (Å²) in [5, 5.41) is 11.3. The van der Waals surface area contributed by atoms with E-state index in [0.29, 0.717) is 27.5 Å². The second-order valence-corrected chi connectivity index (χ2v) is 4.49. The van der Waals surface area contributed by atoms with Crippen molar-refractivity contribution in [3.05, 3.63) is 52.7 Å². The first-order valence-corrected chi connectivity index (χ1v) is 5.90. The number of fused-ring (bicyclic) bond motifs is 4. The second kappa shape index (κ2) is 3.38. The van der Waals surface area contributed by atoms with Gasteiger partial charge in [-0.15, -0.1) is 0 Å². The summed E-state index contributed by atoms with van der Waals surface area (Å²) >= 11 is 0. The van der Waals surface area contributed by atoms with Crippen LogP contribution < -0.4 is 5.43 Å². The second-order valence-electron chi connectivity index (χ2n) is 4.49. The topological polar surface area (TPSA) is 66.2 Å². The number of hydrogen-bond acceptors (Lipinski definition) is 3. The first-order valence-electron chi connectivity index (χ1n) is 5.90. The molecule has 0 atom stereocenters. The van der Waals surface area contributed by atoms with Gasteiger partial charge in [0.15, 0.2) is 0 Å². The van der Waals surface area contributed by atoms with Gasteiger partial charge in [-0.25, -0.2) is 0 Å². The lowest BCUT2D eigenvalue weighted by Gasteiger charge is -1.96. The summed E-state index contributed by atoms with van der Waals surface area (Å²) in [6.45, 7) is 0. The molecule has 4 nitrogen and oxygen atoms in total. The molecule has 4 rings (SSSR count). The van der Waals surface area contributed by atoms with E-state index < -0.39 is 0 Å². The largest absolute Gasteiger partial charge is 0.508 e. The minimum absolute atomic E-state index is 0.0613. The minimum atomic E-state index is -0.0613. The fourth-order valence-electron chi connectivity index (χ4n) is 2.45. The molecule has 0 aliphatic carbocycles. The number of hydrogen-bond donors (Lipinski definition) is 2. The number of benzene rings is 2. The quantitative estimate of drug-likeness (QED) is 0.504. The van der Waals surface area contributed by atoms with Crippen LogP contribution in [0.4, 0.5) is 0 Å². The third-order valence-corrected chi connectivity index (χ3v) is 3.32. The van der Waals surface area contributed by atoms with E-state index in [1.807, 2.05) is 18.2 Å². The Morgan fingerprint density at radius 3 is 2.79 bits per heavy atom. The number of H-pyrrole nitrogens is 1. The lowest BCUT2D eigenvalue weighted by molar-refractivity contribution is 0.475. The lowest BCUT2D eigenvalue weighted by Crippen LogP contribution is -2.02. The van der Waals surface area contributed by atoms with Crippen LogP contribution in [0.25, 0.3) is 33.0 Å². The van der Waals surface area contributed by atoms with Crippen LogP contribution in [0.5, 0.6) is 5.75 Å². The third-order valence-electron chi connectivity index (χ3n) is 3.32. The Labute approximate surface area is 106 Å². The predicted octanol–water partition coefficient (Wildman–Crippen LogP) is 3.13. The molecule has 19 heavy (non-hydrogen) atoms. The molecule has 0 radical (unpaired) electrons. The molecule has 0 spiro atoms. The van der Waals surface area contributed by atoms with Crippen molar-refractivity contribution in [3.8, 4) is 5.75 Å². The average molecular weight is 251 g/mol. The van der Waals surface area contributed by atoms with E-state index in [1.54, 1.807) is 18.2 Å². The smallest absolute Gasteiger partial charge is 0.209 e. The van der Waals surface area contributed by atoms with E-state index in [1.165, 1.54) is 6.07 Å². The van der Waals surface area contributed by atoms with Crippen molar-refractivity contribution >= 4 is 33.0 Å². The summed E-state index contributed by atoms with van der Waals surface area (Å²) in [6, 6.07) is 12.1.